The highest BCUT2D eigenvalue weighted by atomic mass is 79.9. The van der Waals surface area contributed by atoms with Crippen LogP contribution in [0.3, 0.4) is 0 Å². The van der Waals surface area contributed by atoms with Gasteiger partial charge in [-0.05, 0) is 36.2 Å². The normalized spacial score (nSPS) is 15.8. The number of hydrogen-bond acceptors (Lipinski definition) is 7. The maximum atomic E-state index is 6.04. The van der Waals surface area contributed by atoms with Crippen LogP contribution in [-0.2, 0) is 13.0 Å². The molecule has 9 heteroatoms. The van der Waals surface area contributed by atoms with Gasteiger partial charge in [0.1, 0.15) is 11.6 Å². The monoisotopic (exact) mass is 479 g/mol. The van der Waals surface area contributed by atoms with E-state index in [9.17, 15) is 0 Å². The molecule has 0 bridgehead atoms. The first-order chi connectivity index (χ1) is 15.0. The molecule has 4 aromatic rings. The molecule has 2 aromatic carbocycles. The predicted octanol–water partition coefficient (Wildman–Crippen LogP) is 3.57. The SMILES string of the molecule is COc1ccc(Br)cc1CN1CC(n2ncc3c(N)nc(N)nc32)Cc2ccccc21. The van der Waals surface area contributed by atoms with Gasteiger partial charge in [0.15, 0.2) is 5.65 Å². The van der Waals surface area contributed by atoms with Gasteiger partial charge in [0.05, 0.1) is 24.7 Å². The van der Waals surface area contributed by atoms with Crippen LogP contribution in [0, 0.1) is 0 Å². The van der Waals surface area contributed by atoms with Crippen molar-refractivity contribution in [3.63, 3.8) is 0 Å². The zero-order valence-corrected chi connectivity index (χ0v) is 18.6. The van der Waals surface area contributed by atoms with E-state index in [1.165, 1.54) is 11.3 Å². The molecule has 3 heterocycles. The van der Waals surface area contributed by atoms with Gasteiger partial charge < -0.3 is 21.1 Å². The molecular formula is C22H22BrN7O. The van der Waals surface area contributed by atoms with Crippen LogP contribution >= 0.6 is 15.9 Å². The van der Waals surface area contributed by atoms with Crippen LogP contribution in [0.1, 0.15) is 17.2 Å². The minimum atomic E-state index is 0.0687. The lowest BCUT2D eigenvalue weighted by Gasteiger charge is -2.36. The summed E-state index contributed by atoms with van der Waals surface area (Å²) in [6.45, 7) is 1.46. The smallest absolute Gasteiger partial charge is 0.224 e. The van der Waals surface area contributed by atoms with Crippen molar-refractivity contribution in [2.24, 2.45) is 0 Å². The van der Waals surface area contributed by atoms with E-state index in [2.05, 4.69) is 66.2 Å². The van der Waals surface area contributed by atoms with Gasteiger partial charge in [0.25, 0.3) is 0 Å². The third kappa shape index (κ3) is 3.54. The van der Waals surface area contributed by atoms with Crippen LogP contribution in [0.4, 0.5) is 17.5 Å². The van der Waals surface area contributed by atoms with Gasteiger partial charge in [-0.2, -0.15) is 15.1 Å². The number of hydrogen-bond donors (Lipinski definition) is 2. The highest BCUT2D eigenvalue weighted by Crippen LogP contribution is 2.35. The average Bonchev–Trinajstić information content (AvgIpc) is 3.18. The van der Waals surface area contributed by atoms with Crippen LogP contribution in [0.25, 0.3) is 11.0 Å². The fourth-order valence-electron chi connectivity index (χ4n) is 4.29. The zero-order chi connectivity index (χ0) is 21.5. The predicted molar refractivity (Wildman–Crippen MR) is 125 cm³/mol. The first-order valence-electron chi connectivity index (χ1n) is 9.95. The van der Waals surface area contributed by atoms with Crippen molar-refractivity contribution in [3.05, 3.63) is 64.3 Å². The molecule has 5 rings (SSSR count). The number of para-hydroxylation sites is 1. The van der Waals surface area contributed by atoms with Gasteiger partial charge in [-0.1, -0.05) is 34.1 Å². The number of nitrogen functional groups attached to an aromatic ring is 2. The van der Waals surface area contributed by atoms with E-state index in [1.54, 1.807) is 13.3 Å². The third-order valence-corrected chi connectivity index (χ3v) is 6.16. The summed E-state index contributed by atoms with van der Waals surface area (Å²) in [5.41, 5.74) is 16.1. The summed E-state index contributed by atoms with van der Waals surface area (Å²) in [6, 6.07) is 14.6. The number of nitrogens with zero attached hydrogens (tertiary/aromatic N) is 5. The van der Waals surface area contributed by atoms with Gasteiger partial charge in [-0.3, -0.25) is 0 Å². The van der Waals surface area contributed by atoms with Crippen molar-refractivity contribution in [3.8, 4) is 5.75 Å². The fourth-order valence-corrected chi connectivity index (χ4v) is 4.69. The molecule has 0 aliphatic carbocycles. The Labute approximate surface area is 188 Å². The molecule has 1 aliphatic rings. The summed E-state index contributed by atoms with van der Waals surface area (Å²) < 4.78 is 8.54. The van der Waals surface area contributed by atoms with Crippen LogP contribution in [-0.4, -0.2) is 33.4 Å². The topological polar surface area (TPSA) is 108 Å². The van der Waals surface area contributed by atoms with Crippen LogP contribution in [0.2, 0.25) is 0 Å². The number of halogens is 1. The van der Waals surface area contributed by atoms with E-state index < -0.39 is 0 Å². The van der Waals surface area contributed by atoms with Crippen molar-refractivity contribution in [2.75, 3.05) is 30.0 Å². The van der Waals surface area contributed by atoms with Crippen molar-refractivity contribution in [1.29, 1.82) is 0 Å². The Morgan fingerprint density at radius 1 is 1.16 bits per heavy atom. The van der Waals surface area contributed by atoms with Crippen molar-refractivity contribution in [2.45, 2.75) is 19.0 Å². The minimum Gasteiger partial charge on any atom is -0.496 e. The first-order valence-corrected chi connectivity index (χ1v) is 10.7. The van der Waals surface area contributed by atoms with E-state index in [4.69, 9.17) is 16.2 Å². The number of ether oxygens (including phenoxy) is 1. The molecule has 0 saturated heterocycles. The Kier molecular flexibility index (Phi) is 4.90. The van der Waals surface area contributed by atoms with Crippen LogP contribution < -0.4 is 21.1 Å². The van der Waals surface area contributed by atoms with Crippen LogP contribution in [0.15, 0.2) is 53.1 Å². The third-order valence-electron chi connectivity index (χ3n) is 5.67. The molecule has 1 unspecified atom stereocenters. The standard InChI is InChI=1S/C22H22BrN7O/c1-31-19-7-6-15(23)8-14(19)11-29-12-16(9-13-4-2-3-5-18(13)29)30-21-17(10-26-30)20(24)27-22(25)28-21/h2-8,10,16H,9,11-12H2,1H3,(H4,24,25,27,28). The number of fused-ring (bicyclic) bond motifs is 2. The summed E-state index contributed by atoms with van der Waals surface area (Å²) in [7, 11) is 1.70. The Bertz CT molecular complexity index is 1270. The molecule has 1 atom stereocenters. The van der Waals surface area contributed by atoms with Gasteiger partial charge in [-0.15, -0.1) is 0 Å². The number of rotatable bonds is 4. The van der Waals surface area contributed by atoms with E-state index in [0.717, 1.165) is 28.8 Å². The molecule has 0 fully saturated rings. The molecule has 0 radical (unpaired) electrons. The Balaban J connectivity index is 1.56. The molecular weight excluding hydrogens is 458 g/mol. The zero-order valence-electron chi connectivity index (χ0n) is 17.0. The Hall–Kier alpha value is -3.33. The second kappa shape index (κ2) is 7.73. The maximum absolute atomic E-state index is 6.04. The van der Waals surface area contributed by atoms with E-state index in [0.29, 0.717) is 23.4 Å². The number of nitrogens with two attached hydrogens (primary N) is 2. The average molecular weight is 480 g/mol. The lowest BCUT2D eigenvalue weighted by Crippen LogP contribution is -2.37. The fraction of sp³-hybridized carbons (Fsp3) is 0.227. The number of anilines is 3. The molecule has 0 spiro atoms. The first kappa shape index (κ1) is 19.6. The highest BCUT2D eigenvalue weighted by molar-refractivity contribution is 9.10. The molecule has 1 aliphatic heterocycles. The minimum absolute atomic E-state index is 0.0687. The largest absolute Gasteiger partial charge is 0.496 e. The van der Waals surface area contributed by atoms with Gasteiger partial charge in [-0.25, -0.2) is 4.68 Å². The summed E-state index contributed by atoms with van der Waals surface area (Å²) in [5, 5.41) is 5.32. The maximum Gasteiger partial charge on any atom is 0.224 e. The van der Waals surface area contributed by atoms with Gasteiger partial charge in [0, 0.05) is 28.8 Å². The summed E-state index contributed by atoms with van der Waals surface area (Å²) in [6.07, 6.45) is 2.55. The second-order valence-corrected chi connectivity index (χ2v) is 8.53. The Morgan fingerprint density at radius 3 is 2.84 bits per heavy atom. The lowest BCUT2D eigenvalue weighted by molar-refractivity contribution is 0.405. The van der Waals surface area contributed by atoms with Crippen LogP contribution in [0.5, 0.6) is 5.75 Å². The van der Waals surface area contributed by atoms with Gasteiger partial charge in [0.2, 0.25) is 5.95 Å². The summed E-state index contributed by atoms with van der Waals surface area (Å²) >= 11 is 3.58. The van der Waals surface area contributed by atoms with Gasteiger partial charge >= 0.3 is 0 Å². The van der Waals surface area contributed by atoms with E-state index >= 15 is 0 Å². The molecule has 158 valence electrons. The molecule has 2 aromatic heterocycles. The number of aromatic nitrogens is 4. The van der Waals surface area contributed by atoms with Crippen molar-refractivity contribution >= 4 is 44.4 Å². The molecule has 0 amide bonds. The second-order valence-electron chi connectivity index (χ2n) is 7.62. The van der Waals surface area contributed by atoms with E-state index in [1.807, 2.05) is 16.8 Å². The quantitative estimate of drug-likeness (QED) is 0.460. The lowest BCUT2D eigenvalue weighted by atomic mass is 9.97. The van der Waals surface area contributed by atoms with Crippen molar-refractivity contribution in [1.82, 2.24) is 19.7 Å². The molecule has 0 saturated carbocycles. The molecule has 4 N–H and O–H groups in total. The summed E-state index contributed by atoms with van der Waals surface area (Å²) in [5.74, 6) is 1.36. The highest BCUT2D eigenvalue weighted by Gasteiger charge is 2.28. The summed E-state index contributed by atoms with van der Waals surface area (Å²) in [4.78, 5) is 10.8. The Morgan fingerprint density at radius 2 is 2.00 bits per heavy atom. The van der Waals surface area contributed by atoms with E-state index in [-0.39, 0.29) is 12.0 Å². The number of benzene rings is 2. The molecule has 8 nitrogen and oxygen atoms in total. The molecule has 31 heavy (non-hydrogen) atoms. The number of methoxy groups -OCH3 is 1. The van der Waals surface area contributed by atoms with Crippen molar-refractivity contribution < 1.29 is 4.74 Å².